The van der Waals surface area contributed by atoms with E-state index in [4.69, 9.17) is 0 Å². The van der Waals surface area contributed by atoms with Crippen molar-refractivity contribution in [2.24, 2.45) is 4.99 Å². The third-order valence-electron chi connectivity index (χ3n) is 5.01. The molecule has 1 aliphatic heterocycles. The SMILES string of the molecule is CCNC(=NCCNC(=O)c1ccc(C)c(F)c1)NC1CCN(c2ncccc2F)C1.I. The Balaban J connectivity index is 0.00000363. The van der Waals surface area contributed by atoms with Crippen LogP contribution in [0.5, 0.6) is 0 Å². The lowest BCUT2D eigenvalue weighted by atomic mass is 10.1. The Kier molecular flexibility index (Phi) is 10.1. The van der Waals surface area contributed by atoms with Crippen LogP contribution in [0, 0.1) is 18.6 Å². The van der Waals surface area contributed by atoms with Gasteiger partial charge in [-0.3, -0.25) is 9.79 Å². The van der Waals surface area contributed by atoms with E-state index in [1.807, 2.05) is 11.8 Å². The monoisotopic (exact) mass is 558 g/mol. The number of carbonyl (C=O) groups is 1. The number of rotatable bonds is 7. The zero-order valence-electron chi connectivity index (χ0n) is 18.2. The van der Waals surface area contributed by atoms with Crippen LogP contribution >= 0.6 is 24.0 Å². The molecule has 1 atom stereocenters. The van der Waals surface area contributed by atoms with E-state index in [-0.39, 0.29) is 47.3 Å². The summed E-state index contributed by atoms with van der Waals surface area (Å²) in [4.78, 5) is 22.7. The van der Waals surface area contributed by atoms with Crippen LogP contribution in [-0.2, 0) is 0 Å². The summed E-state index contributed by atoms with van der Waals surface area (Å²) in [5.74, 6) is -0.0697. The summed E-state index contributed by atoms with van der Waals surface area (Å²) in [5, 5.41) is 9.28. The molecule has 2 heterocycles. The highest BCUT2D eigenvalue weighted by Gasteiger charge is 2.25. The summed E-state index contributed by atoms with van der Waals surface area (Å²) in [7, 11) is 0. The molecular formula is C22H29F2IN6O. The molecule has 32 heavy (non-hydrogen) atoms. The van der Waals surface area contributed by atoms with E-state index >= 15 is 0 Å². The third-order valence-corrected chi connectivity index (χ3v) is 5.01. The average molecular weight is 558 g/mol. The van der Waals surface area contributed by atoms with E-state index in [0.717, 1.165) is 6.42 Å². The highest BCUT2D eigenvalue weighted by Crippen LogP contribution is 2.20. The maximum atomic E-state index is 14.0. The molecule has 1 fully saturated rings. The van der Waals surface area contributed by atoms with Crippen LogP contribution in [0.1, 0.15) is 29.3 Å². The number of anilines is 1. The molecule has 0 radical (unpaired) electrons. The summed E-state index contributed by atoms with van der Waals surface area (Å²) in [5.41, 5.74) is 0.781. The second-order valence-corrected chi connectivity index (χ2v) is 7.37. The largest absolute Gasteiger partial charge is 0.357 e. The van der Waals surface area contributed by atoms with Gasteiger partial charge in [0.15, 0.2) is 17.6 Å². The van der Waals surface area contributed by atoms with Gasteiger partial charge in [0.1, 0.15) is 5.82 Å². The lowest BCUT2D eigenvalue weighted by Crippen LogP contribution is -2.45. The molecule has 0 bridgehead atoms. The molecule has 0 saturated carbocycles. The number of aliphatic imine (C=N–C) groups is 1. The molecule has 3 N–H and O–H groups in total. The topological polar surface area (TPSA) is 81.6 Å². The lowest BCUT2D eigenvalue weighted by Gasteiger charge is -2.20. The molecule has 1 saturated heterocycles. The van der Waals surface area contributed by atoms with Crippen LogP contribution in [0.25, 0.3) is 0 Å². The number of guanidine groups is 1. The maximum Gasteiger partial charge on any atom is 0.251 e. The normalized spacial score (nSPS) is 15.8. The number of aromatic nitrogens is 1. The summed E-state index contributed by atoms with van der Waals surface area (Å²) >= 11 is 0. The number of pyridine rings is 1. The van der Waals surface area contributed by atoms with E-state index in [1.54, 1.807) is 31.3 Å². The van der Waals surface area contributed by atoms with Crippen LogP contribution in [0.3, 0.4) is 0 Å². The predicted molar refractivity (Wildman–Crippen MR) is 133 cm³/mol. The predicted octanol–water partition coefficient (Wildman–Crippen LogP) is 2.85. The van der Waals surface area contributed by atoms with E-state index in [1.165, 1.54) is 12.1 Å². The van der Waals surface area contributed by atoms with Gasteiger partial charge in [0.25, 0.3) is 5.91 Å². The van der Waals surface area contributed by atoms with Crippen LogP contribution < -0.4 is 20.9 Å². The first-order valence-corrected chi connectivity index (χ1v) is 10.4. The minimum Gasteiger partial charge on any atom is -0.357 e. The van der Waals surface area contributed by atoms with Gasteiger partial charge >= 0.3 is 0 Å². The molecule has 1 unspecified atom stereocenters. The van der Waals surface area contributed by atoms with E-state index in [9.17, 15) is 13.6 Å². The Labute approximate surface area is 204 Å². The molecule has 2 aromatic rings. The molecule has 1 aliphatic rings. The molecule has 1 aromatic carbocycles. The molecule has 3 rings (SSSR count). The summed E-state index contributed by atoms with van der Waals surface area (Å²) in [6.07, 6.45) is 2.42. The van der Waals surface area contributed by atoms with Crippen LogP contribution in [-0.4, -0.2) is 55.6 Å². The van der Waals surface area contributed by atoms with Crippen molar-refractivity contribution < 1.29 is 13.6 Å². The van der Waals surface area contributed by atoms with Gasteiger partial charge in [0.2, 0.25) is 0 Å². The smallest absolute Gasteiger partial charge is 0.251 e. The van der Waals surface area contributed by atoms with Crippen molar-refractivity contribution in [2.45, 2.75) is 26.3 Å². The summed E-state index contributed by atoms with van der Waals surface area (Å²) in [6.45, 7) is 6.31. The molecular weight excluding hydrogens is 529 g/mol. The molecule has 174 valence electrons. The van der Waals surface area contributed by atoms with Crippen molar-refractivity contribution in [1.29, 1.82) is 0 Å². The Morgan fingerprint density at radius 1 is 1.25 bits per heavy atom. The standard InChI is InChI=1S/C22H28F2N6O.HI/c1-3-25-22(28-11-10-27-21(31)16-7-6-15(2)19(24)13-16)29-17-8-12-30(14-17)20-18(23)5-4-9-26-20;/h4-7,9,13,17H,3,8,10-12,14H2,1-2H3,(H,27,31)(H2,25,28,29);1H. The molecule has 1 amide bonds. The highest BCUT2D eigenvalue weighted by molar-refractivity contribution is 14.0. The quantitative estimate of drug-likeness (QED) is 0.211. The van der Waals surface area contributed by atoms with E-state index < -0.39 is 5.82 Å². The molecule has 7 nitrogen and oxygen atoms in total. The number of nitrogens with zero attached hydrogens (tertiary/aromatic N) is 3. The van der Waals surface area contributed by atoms with Crippen molar-refractivity contribution in [3.8, 4) is 0 Å². The number of nitrogens with one attached hydrogen (secondary N) is 3. The van der Waals surface area contributed by atoms with Gasteiger partial charge in [-0.1, -0.05) is 6.07 Å². The fraction of sp³-hybridized carbons (Fsp3) is 0.409. The number of hydrogen-bond acceptors (Lipinski definition) is 4. The minimum absolute atomic E-state index is 0. The number of hydrogen-bond donors (Lipinski definition) is 3. The van der Waals surface area contributed by atoms with Crippen molar-refractivity contribution in [1.82, 2.24) is 20.9 Å². The fourth-order valence-corrected chi connectivity index (χ4v) is 3.37. The maximum absolute atomic E-state index is 14.0. The van der Waals surface area contributed by atoms with Gasteiger partial charge in [-0.15, -0.1) is 24.0 Å². The number of carbonyl (C=O) groups excluding carboxylic acids is 1. The highest BCUT2D eigenvalue weighted by atomic mass is 127. The number of amides is 1. The summed E-state index contributed by atoms with van der Waals surface area (Å²) < 4.78 is 27.6. The number of benzene rings is 1. The summed E-state index contributed by atoms with van der Waals surface area (Å²) in [6, 6.07) is 7.50. The van der Waals surface area contributed by atoms with Crippen LogP contribution in [0.4, 0.5) is 14.6 Å². The fourth-order valence-electron chi connectivity index (χ4n) is 3.37. The van der Waals surface area contributed by atoms with Crippen molar-refractivity contribution in [3.63, 3.8) is 0 Å². The lowest BCUT2D eigenvalue weighted by molar-refractivity contribution is 0.0954. The van der Waals surface area contributed by atoms with Crippen LogP contribution in [0.2, 0.25) is 0 Å². The second kappa shape index (κ2) is 12.5. The first kappa shape index (κ1) is 25.8. The third kappa shape index (κ3) is 7.01. The van der Waals surface area contributed by atoms with Crippen LogP contribution in [0.15, 0.2) is 41.5 Å². The van der Waals surface area contributed by atoms with Crippen molar-refractivity contribution in [3.05, 3.63) is 59.3 Å². The van der Waals surface area contributed by atoms with Gasteiger partial charge < -0.3 is 20.9 Å². The molecule has 0 aliphatic carbocycles. The first-order chi connectivity index (χ1) is 15.0. The minimum atomic E-state index is -0.402. The first-order valence-electron chi connectivity index (χ1n) is 10.4. The van der Waals surface area contributed by atoms with Gasteiger partial charge in [-0.2, -0.15) is 0 Å². The van der Waals surface area contributed by atoms with E-state index in [0.29, 0.717) is 50.1 Å². The number of aryl methyl sites for hydroxylation is 1. The molecule has 10 heteroatoms. The van der Waals surface area contributed by atoms with Gasteiger partial charge in [0, 0.05) is 44.0 Å². The number of halogens is 3. The van der Waals surface area contributed by atoms with Crippen molar-refractivity contribution in [2.75, 3.05) is 37.6 Å². The molecule has 0 spiro atoms. The Morgan fingerprint density at radius 2 is 2.06 bits per heavy atom. The second-order valence-electron chi connectivity index (χ2n) is 7.37. The van der Waals surface area contributed by atoms with Gasteiger partial charge in [-0.25, -0.2) is 13.8 Å². The molecule has 1 aromatic heterocycles. The average Bonchev–Trinajstić information content (AvgIpc) is 3.21. The zero-order valence-corrected chi connectivity index (χ0v) is 20.5. The Bertz CT molecular complexity index is 942. The Morgan fingerprint density at radius 3 is 2.78 bits per heavy atom. The Hall–Kier alpha value is -2.50. The van der Waals surface area contributed by atoms with Gasteiger partial charge in [-0.05, 0) is 50.1 Å². The van der Waals surface area contributed by atoms with Crippen molar-refractivity contribution >= 4 is 41.7 Å². The zero-order chi connectivity index (χ0) is 22.2. The van der Waals surface area contributed by atoms with E-state index in [2.05, 4.69) is 25.9 Å². The van der Waals surface area contributed by atoms with Gasteiger partial charge in [0.05, 0.1) is 6.54 Å².